The standard InChI is InChI=1S/C8H9NO.C6H6/c1-6-2-4-7(5-3-6)8(9)10;1-2-4-6-5-3-1/h2-5H,1H3,(H2,9,10);1-6H. The molecule has 82 valence electrons. The lowest BCUT2D eigenvalue weighted by atomic mass is 10.1. The predicted octanol–water partition coefficient (Wildman–Crippen LogP) is 2.78. The van der Waals surface area contributed by atoms with Gasteiger partial charge < -0.3 is 5.73 Å². The maximum Gasteiger partial charge on any atom is 0.248 e. The van der Waals surface area contributed by atoms with Crippen LogP contribution in [0.1, 0.15) is 15.9 Å². The monoisotopic (exact) mass is 213 g/mol. The summed E-state index contributed by atoms with van der Waals surface area (Å²) in [4.78, 5) is 10.5. The van der Waals surface area contributed by atoms with Gasteiger partial charge in [-0.05, 0) is 19.1 Å². The molecular weight excluding hydrogens is 198 g/mol. The minimum Gasteiger partial charge on any atom is -0.366 e. The lowest BCUT2D eigenvalue weighted by Crippen LogP contribution is -2.10. The molecule has 0 aliphatic rings. The summed E-state index contributed by atoms with van der Waals surface area (Å²) in [5, 5.41) is 0. The van der Waals surface area contributed by atoms with Gasteiger partial charge in [0, 0.05) is 5.56 Å². The molecule has 16 heavy (non-hydrogen) atoms. The molecule has 2 rings (SSSR count). The van der Waals surface area contributed by atoms with Gasteiger partial charge >= 0.3 is 0 Å². The highest BCUT2D eigenvalue weighted by Gasteiger charge is 1.95. The van der Waals surface area contributed by atoms with Crippen molar-refractivity contribution >= 4 is 5.91 Å². The Bertz CT molecular complexity index is 394. The van der Waals surface area contributed by atoms with Gasteiger partial charge in [0.2, 0.25) is 5.91 Å². The molecule has 0 unspecified atom stereocenters. The first-order chi connectivity index (χ1) is 7.70. The number of benzene rings is 2. The third-order valence-corrected chi connectivity index (χ3v) is 2.00. The van der Waals surface area contributed by atoms with Crippen LogP contribution < -0.4 is 5.73 Å². The predicted molar refractivity (Wildman–Crippen MR) is 66.1 cm³/mol. The smallest absolute Gasteiger partial charge is 0.248 e. The SMILES string of the molecule is Cc1ccc(C(N)=O)cc1.c1ccccc1. The van der Waals surface area contributed by atoms with Gasteiger partial charge in [-0.1, -0.05) is 54.1 Å². The molecule has 2 aromatic carbocycles. The first kappa shape index (κ1) is 12.0. The van der Waals surface area contributed by atoms with Crippen LogP contribution in [0.15, 0.2) is 60.7 Å². The number of hydrogen-bond donors (Lipinski definition) is 1. The highest BCUT2D eigenvalue weighted by molar-refractivity contribution is 5.92. The number of carbonyl (C=O) groups excluding carboxylic acids is 1. The molecule has 0 fully saturated rings. The summed E-state index contributed by atoms with van der Waals surface area (Å²) in [5.41, 5.74) is 6.72. The molecule has 0 heterocycles. The van der Waals surface area contributed by atoms with E-state index in [1.165, 1.54) is 0 Å². The molecule has 0 aromatic heterocycles. The van der Waals surface area contributed by atoms with Gasteiger partial charge in [0.15, 0.2) is 0 Å². The van der Waals surface area contributed by atoms with Gasteiger partial charge in [-0.2, -0.15) is 0 Å². The van der Waals surface area contributed by atoms with E-state index >= 15 is 0 Å². The van der Waals surface area contributed by atoms with Crippen molar-refractivity contribution in [1.82, 2.24) is 0 Å². The van der Waals surface area contributed by atoms with Crippen LogP contribution in [-0.2, 0) is 0 Å². The number of amides is 1. The van der Waals surface area contributed by atoms with Crippen LogP contribution >= 0.6 is 0 Å². The Labute approximate surface area is 95.7 Å². The fraction of sp³-hybridized carbons (Fsp3) is 0.0714. The van der Waals surface area contributed by atoms with Crippen molar-refractivity contribution in [3.05, 3.63) is 71.8 Å². The van der Waals surface area contributed by atoms with Gasteiger partial charge in [0.05, 0.1) is 0 Å². The second-order valence-electron chi connectivity index (χ2n) is 3.38. The van der Waals surface area contributed by atoms with Crippen molar-refractivity contribution in [2.24, 2.45) is 5.73 Å². The Morgan fingerprint density at radius 2 is 1.25 bits per heavy atom. The molecule has 0 aliphatic heterocycles. The molecule has 1 amide bonds. The molecule has 0 radical (unpaired) electrons. The quantitative estimate of drug-likeness (QED) is 0.777. The van der Waals surface area contributed by atoms with Crippen LogP contribution in [0, 0.1) is 6.92 Å². The van der Waals surface area contributed by atoms with E-state index in [1.807, 2.05) is 55.5 Å². The van der Waals surface area contributed by atoms with E-state index in [4.69, 9.17) is 5.73 Å². The number of primary amides is 1. The van der Waals surface area contributed by atoms with Crippen molar-refractivity contribution in [1.29, 1.82) is 0 Å². The first-order valence-electron chi connectivity index (χ1n) is 5.06. The summed E-state index contributed by atoms with van der Waals surface area (Å²) in [6, 6.07) is 19.2. The highest BCUT2D eigenvalue weighted by atomic mass is 16.1. The molecular formula is C14H15NO. The largest absolute Gasteiger partial charge is 0.366 e. The number of rotatable bonds is 1. The molecule has 2 aromatic rings. The topological polar surface area (TPSA) is 43.1 Å². The summed E-state index contributed by atoms with van der Waals surface area (Å²) in [6.07, 6.45) is 0. The second kappa shape index (κ2) is 6.40. The number of aryl methyl sites for hydroxylation is 1. The Morgan fingerprint density at radius 3 is 1.56 bits per heavy atom. The molecule has 2 N–H and O–H groups in total. The van der Waals surface area contributed by atoms with E-state index in [1.54, 1.807) is 12.1 Å². The normalized spacial score (nSPS) is 8.81. The average molecular weight is 213 g/mol. The van der Waals surface area contributed by atoms with E-state index in [9.17, 15) is 4.79 Å². The zero-order chi connectivity index (χ0) is 11.8. The lowest BCUT2D eigenvalue weighted by molar-refractivity contribution is 0.100. The minimum absolute atomic E-state index is 0.375. The van der Waals surface area contributed by atoms with Gasteiger partial charge in [0.1, 0.15) is 0 Å². The van der Waals surface area contributed by atoms with E-state index in [0.717, 1.165) is 5.56 Å². The van der Waals surface area contributed by atoms with Crippen molar-refractivity contribution in [3.8, 4) is 0 Å². The molecule has 0 aliphatic carbocycles. The molecule has 0 spiro atoms. The van der Waals surface area contributed by atoms with Crippen molar-refractivity contribution < 1.29 is 4.79 Å². The molecule has 0 saturated heterocycles. The third kappa shape index (κ3) is 4.42. The summed E-state index contributed by atoms with van der Waals surface area (Å²) < 4.78 is 0. The molecule has 2 heteroatoms. The van der Waals surface area contributed by atoms with Crippen LogP contribution in [-0.4, -0.2) is 5.91 Å². The summed E-state index contributed by atoms with van der Waals surface area (Å²) in [7, 11) is 0. The summed E-state index contributed by atoms with van der Waals surface area (Å²) >= 11 is 0. The number of nitrogens with two attached hydrogens (primary N) is 1. The third-order valence-electron chi connectivity index (χ3n) is 2.00. The van der Waals surface area contributed by atoms with E-state index in [-0.39, 0.29) is 5.91 Å². The van der Waals surface area contributed by atoms with Crippen LogP contribution in [0.2, 0.25) is 0 Å². The van der Waals surface area contributed by atoms with Crippen LogP contribution in [0.25, 0.3) is 0 Å². The zero-order valence-electron chi connectivity index (χ0n) is 9.26. The molecule has 0 atom stereocenters. The Hall–Kier alpha value is -2.09. The van der Waals surface area contributed by atoms with E-state index < -0.39 is 0 Å². The van der Waals surface area contributed by atoms with Crippen molar-refractivity contribution in [3.63, 3.8) is 0 Å². The van der Waals surface area contributed by atoms with Gasteiger partial charge in [0.25, 0.3) is 0 Å². The van der Waals surface area contributed by atoms with Gasteiger partial charge in [-0.15, -0.1) is 0 Å². The fourth-order valence-electron chi connectivity index (χ4n) is 1.10. The summed E-state index contributed by atoms with van der Waals surface area (Å²) in [6.45, 7) is 1.96. The maximum absolute atomic E-state index is 10.5. The average Bonchev–Trinajstić information content (AvgIpc) is 2.32. The molecule has 0 bridgehead atoms. The van der Waals surface area contributed by atoms with E-state index in [0.29, 0.717) is 5.56 Å². The Kier molecular flexibility index (Phi) is 4.80. The van der Waals surface area contributed by atoms with Crippen molar-refractivity contribution in [2.45, 2.75) is 6.92 Å². The van der Waals surface area contributed by atoms with Crippen LogP contribution in [0.3, 0.4) is 0 Å². The zero-order valence-corrected chi connectivity index (χ0v) is 9.26. The lowest BCUT2D eigenvalue weighted by Gasteiger charge is -1.93. The Balaban J connectivity index is 0.000000181. The van der Waals surface area contributed by atoms with Gasteiger partial charge in [-0.25, -0.2) is 0 Å². The number of carbonyl (C=O) groups is 1. The van der Waals surface area contributed by atoms with Crippen LogP contribution in [0.4, 0.5) is 0 Å². The Morgan fingerprint density at radius 1 is 0.875 bits per heavy atom. The minimum atomic E-state index is -0.375. The first-order valence-corrected chi connectivity index (χ1v) is 5.06. The summed E-state index contributed by atoms with van der Waals surface area (Å²) in [5.74, 6) is -0.375. The molecule has 2 nitrogen and oxygen atoms in total. The van der Waals surface area contributed by atoms with Crippen molar-refractivity contribution in [2.75, 3.05) is 0 Å². The maximum atomic E-state index is 10.5. The van der Waals surface area contributed by atoms with E-state index in [2.05, 4.69) is 0 Å². The number of hydrogen-bond acceptors (Lipinski definition) is 1. The second-order valence-corrected chi connectivity index (χ2v) is 3.38. The van der Waals surface area contributed by atoms with Crippen LogP contribution in [0.5, 0.6) is 0 Å². The van der Waals surface area contributed by atoms with Gasteiger partial charge in [-0.3, -0.25) is 4.79 Å². The molecule has 0 saturated carbocycles. The fourth-order valence-corrected chi connectivity index (χ4v) is 1.10. The highest BCUT2D eigenvalue weighted by Crippen LogP contribution is 2.00.